The van der Waals surface area contributed by atoms with Crippen molar-refractivity contribution in [3.63, 3.8) is 0 Å². The number of hydrogen-bond acceptors (Lipinski definition) is 3. The molecule has 1 fully saturated rings. The van der Waals surface area contributed by atoms with Crippen molar-refractivity contribution >= 4 is 0 Å². The van der Waals surface area contributed by atoms with Gasteiger partial charge in [-0.15, -0.1) is 0 Å². The number of nitrogens with one attached hydrogen (secondary N) is 1. The van der Waals surface area contributed by atoms with E-state index in [4.69, 9.17) is 5.73 Å². The maximum Gasteiger partial charge on any atom is 0.00802 e. The van der Waals surface area contributed by atoms with Crippen LogP contribution >= 0.6 is 0 Å². The fourth-order valence-corrected chi connectivity index (χ4v) is 1.73. The summed E-state index contributed by atoms with van der Waals surface area (Å²) in [5.41, 5.74) is 5.44. The third kappa shape index (κ3) is 3.52. The van der Waals surface area contributed by atoms with Gasteiger partial charge in [0, 0.05) is 19.1 Å². The first-order chi connectivity index (χ1) is 5.83. The summed E-state index contributed by atoms with van der Waals surface area (Å²) in [7, 11) is 2.20. The zero-order chi connectivity index (χ0) is 8.81. The van der Waals surface area contributed by atoms with Crippen molar-refractivity contribution in [3.05, 3.63) is 0 Å². The first kappa shape index (κ1) is 9.96. The Morgan fingerprint density at radius 2 is 2.25 bits per heavy atom. The van der Waals surface area contributed by atoms with Gasteiger partial charge < -0.3 is 16.0 Å². The second-order valence-electron chi connectivity index (χ2n) is 3.67. The molecule has 1 atom stereocenters. The van der Waals surface area contributed by atoms with Crippen molar-refractivity contribution in [2.24, 2.45) is 5.73 Å². The largest absolute Gasteiger partial charge is 0.329 e. The predicted molar refractivity (Wildman–Crippen MR) is 52.2 cm³/mol. The molecule has 72 valence electrons. The van der Waals surface area contributed by atoms with Crippen LogP contribution in [0.5, 0.6) is 0 Å². The Bertz CT molecular complexity index is 114. The summed E-state index contributed by atoms with van der Waals surface area (Å²) in [6.07, 6.45) is 3.90. The molecule has 0 bridgehead atoms. The van der Waals surface area contributed by atoms with Crippen molar-refractivity contribution in [2.75, 3.05) is 33.2 Å². The fraction of sp³-hybridized carbons (Fsp3) is 1.00. The third-order valence-electron chi connectivity index (χ3n) is 2.53. The molecule has 0 saturated carbocycles. The summed E-state index contributed by atoms with van der Waals surface area (Å²) in [6, 6.07) is 0.707. The third-order valence-corrected chi connectivity index (χ3v) is 2.53. The Morgan fingerprint density at radius 1 is 1.42 bits per heavy atom. The molecule has 1 aliphatic rings. The van der Waals surface area contributed by atoms with Crippen LogP contribution in [0.1, 0.15) is 19.3 Å². The van der Waals surface area contributed by atoms with Crippen molar-refractivity contribution in [2.45, 2.75) is 25.3 Å². The molecule has 1 aliphatic heterocycles. The Labute approximate surface area is 75.3 Å². The Kier molecular flexibility index (Phi) is 4.58. The minimum atomic E-state index is 0.707. The van der Waals surface area contributed by atoms with E-state index in [1.54, 1.807) is 0 Å². The molecular weight excluding hydrogens is 150 g/mol. The molecule has 1 unspecified atom stereocenters. The topological polar surface area (TPSA) is 41.3 Å². The van der Waals surface area contributed by atoms with Crippen molar-refractivity contribution in [3.8, 4) is 0 Å². The molecule has 0 spiro atoms. The zero-order valence-corrected chi connectivity index (χ0v) is 8.05. The highest BCUT2D eigenvalue weighted by molar-refractivity contribution is 4.73. The molecule has 0 radical (unpaired) electrons. The van der Waals surface area contributed by atoms with Crippen LogP contribution in [0.3, 0.4) is 0 Å². The van der Waals surface area contributed by atoms with Crippen LogP contribution in [0.15, 0.2) is 0 Å². The second kappa shape index (κ2) is 5.51. The van der Waals surface area contributed by atoms with Crippen LogP contribution in [-0.4, -0.2) is 44.2 Å². The van der Waals surface area contributed by atoms with Gasteiger partial charge in [-0.1, -0.05) is 0 Å². The van der Waals surface area contributed by atoms with Gasteiger partial charge in [-0.05, 0) is 39.4 Å². The molecule has 0 aliphatic carbocycles. The average Bonchev–Trinajstić information content (AvgIpc) is 2.27. The minimum absolute atomic E-state index is 0.707. The number of likely N-dealkylation sites (tertiary alicyclic amines) is 1. The van der Waals surface area contributed by atoms with E-state index in [1.807, 2.05) is 0 Å². The lowest BCUT2D eigenvalue weighted by atomic mass is 10.1. The summed E-state index contributed by atoms with van der Waals surface area (Å²) in [5, 5.41) is 3.48. The molecule has 1 heterocycles. The lowest BCUT2D eigenvalue weighted by Crippen LogP contribution is -2.34. The number of rotatable bonds is 3. The second-order valence-corrected chi connectivity index (χ2v) is 3.67. The Hall–Kier alpha value is -0.120. The minimum Gasteiger partial charge on any atom is -0.329 e. The van der Waals surface area contributed by atoms with Crippen LogP contribution in [0.2, 0.25) is 0 Å². The summed E-state index contributed by atoms with van der Waals surface area (Å²) in [4.78, 5) is 2.41. The monoisotopic (exact) mass is 171 g/mol. The molecule has 3 heteroatoms. The molecule has 0 aromatic rings. The van der Waals surface area contributed by atoms with E-state index in [9.17, 15) is 0 Å². The molecule has 3 nitrogen and oxygen atoms in total. The van der Waals surface area contributed by atoms with Gasteiger partial charge in [-0.25, -0.2) is 0 Å². The van der Waals surface area contributed by atoms with E-state index in [0.29, 0.717) is 6.04 Å². The first-order valence-electron chi connectivity index (χ1n) is 4.95. The first-order valence-corrected chi connectivity index (χ1v) is 4.95. The standard InChI is InChI=1S/C9H21N3/c1-12-7-2-3-9(4-8-12)11-6-5-10/h9,11H,2-8,10H2,1H3. The normalized spacial score (nSPS) is 27.0. The van der Waals surface area contributed by atoms with Crippen LogP contribution in [0.25, 0.3) is 0 Å². The molecule has 3 N–H and O–H groups in total. The van der Waals surface area contributed by atoms with Gasteiger partial charge in [0.05, 0.1) is 0 Å². The Balaban J connectivity index is 2.17. The van der Waals surface area contributed by atoms with Crippen LogP contribution in [0.4, 0.5) is 0 Å². The van der Waals surface area contributed by atoms with Gasteiger partial charge in [0.15, 0.2) is 0 Å². The van der Waals surface area contributed by atoms with E-state index in [-0.39, 0.29) is 0 Å². The van der Waals surface area contributed by atoms with E-state index in [2.05, 4.69) is 17.3 Å². The average molecular weight is 171 g/mol. The predicted octanol–water partition coefficient (Wildman–Crippen LogP) is 0.0190. The highest BCUT2D eigenvalue weighted by atomic mass is 15.1. The molecule has 0 aromatic carbocycles. The quantitative estimate of drug-likeness (QED) is 0.629. The van der Waals surface area contributed by atoms with Crippen molar-refractivity contribution in [1.82, 2.24) is 10.2 Å². The maximum absolute atomic E-state index is 5.44. The summed E-state index contributed by atoms with van der Waals surface area (Å²) < 4.78 is 0. The molecule has 12 heavy (non-hydrogen) atoms. The smallest absolute Gasteiger partial charge is 0.00802 e. The summed E-state index contributed by atoms with van der Waals surface area (Å²) in [6.45, 7) is 4.20. The van der Waals surface area contributed by atoms with Crippen LogP contribution in [-0.2, 0) is 0 Å². The van der Waals surface area contributed by atoms with Gasteiger partial charge in [-0.2, -0.15) is 0 Å². The van der Waals surface area contributed by atoms with Gasteiger partial charge in [0.2, 0.25) is 0 Å². The van der Waals surface area contributed by atoms with Crippen LogP contribution in [0, 0.1) is 0 Å². The lowest BCUT2D eigenvalue weighted by Gasteiger charge is -2.15. The van der Waals surface area contributed by atoms with Gasteiger partial charge in [0.1, 0.15) is 0 Å². The number of hydrogen-bond donors (Lipinski definition) is 2. The molecule has 1 saturated heterocycles. The van der Waals surface area contributed by atoms with E-state index in [1.165, 1.54) is 32.4 Å². The van der Waals surface area contributed by atoms with Crippen molar-refractivity contribution in [1.29, 1.82) is 0 Å². The SMILES string of the molecule is CN1CCCC(NCCN)CC1. The van der Waals surface area contributed by atoms with Gasteiger partial charge in [0.25, 0.3) is 0 Å². The van der Waals surface area contributed by atoms with Crippen molar-refractivity contribution < 1.29 is 0 Å². The van der Waals surface area contributed by atoms with Gasteiger partial charge in [-0.3, -0.25) is 0 Å². The Morgan fingerprint density at radius 3 is 3.00 bits per heavy atom. The zero-order valence-electron chi connectivity index (χ0n) is 8.05. The molecule has 1 rings (SSSR count). The summed E-state index contributed by atoms with van der Waals surface area (Å²) >= 11 is 0. The van der Waals surface area contributed by atoms with E-state index >= 15 is 0 Å². The highest BCUT2D eigenvalue weighted by Crippen LogP contribution is 2.08. The fourth-order valence-electron chi connectivity index (χ4n) is 1.73. The maximum atomic E-state index is 5.44. The van der Waals surface area contributed by atoms with Gasteiger partial charge >= 0.3 is 0 Å². The number of nitrogens with zero attached hydrogens (tertiary/aromatic N) is 1. The number of nitrogens with two attached hydrogens (primary N) is 1. The van der Waals surface area contributed by atoms with E-state index in [0.717, 1.165) is 13.1 Å². The molecular formula is C9H21N3. The lowest BCUT2D eigenvalue weighted by molar-refractivity contribution is 0.344. The summed E-state index contributed by atoms with van der Waals surface area (Å²) in [5.74, 6) is 0. The highest BCUT2D eigenvalue weighted by Gasteiger charge is 2.12. The van der Waals surface area contributed by atoms with E-state index < -0.39 is 0 Å². The molecule has 0 aromatic heterocycles. The molecule has 0 amide bonds. The van der Waals surface area contributed by atoms with Crippen LogP contribution < -0.4 is 11.1 Å².